The van der Waals surface area contributed by atoms with Crippen molar-refractivity contribution >= 4 is 34.6 Å². The third-order valence-corrected chi connectivity index (χ3v) is 6.74. The van der Waals surface area contributed by atoms with Crippen molar-refractivity contribution in [2.24, 2.45) is 17.6 Å². The van der Waals surface area contributed by atoms with Gasteiger partial charge in [-0.1, -0.05) is 50.6 Å². The largest absolute Gasteiger partial charge is 0.351 e. The van der Waals surface area contributed by atoms with Crippen LogP contribution in [0, 0.1) is 11.8 Å². The van der Waals surface area contributed by atoms with Crippen LogP contribution in [0.3, 0.4) is 0 Å². The van der Waals surface area contributed by atoms with Gasteiger partial charge in [0, 0.05) is 6.04 Å². The summed E-state index contributed by atoms with van der Waals surface area (Å²) in [6.45, 7) is 6.06. The minimum absolute atomic E-state index is 0.0299. The molecule has 7 nitrogen and oxygen atoms in total. The summed E-state index contributed by atoms with van der Waals surface area (Å²) in [6.07, 6.45) is 3.10. The van der Waals surface area contributed by atoms with Gasteiger partial charge in [-0.2, -0.15) is 0 Å². The maximum Gasteiger partial charge on any atom is 0.318 e. The van der Waals surface area contributed by atoms with E-state index < -0.39 is 17.2 Å². The Kier molecular flexibility index (Phi) is 6.07. The fourth-order valence-corrected chi connectivity index (χ4v) is 4.82. The van der Waals surface area contributed by atoms with Crippen LogP contribution in [0.4, 0.5) is 4.79 Å². The molecule has 0 radical (unpaired) electrons. The average molecular weight is 403 g/mol. The lowest BCUT2D eigenvalue weighted by Gasteiger charge is -2.36. The standard InChI is InChI=1S/C20H26N4O3S/c1-11-7-6-10-16(12(11)2)24-18(26)14-8-4-5-9-15(14)22-20(24)28-13(3)17(25)23-19(21)27/h4-5,8-9,11-13,16H,6-7,10H2,1-3H3,(H3,21,23,25,27). The van der Waals surface area contributed by atoms with Crippen LogP contribution in [0.25, 0.3) is 10.9 Å². The van der Waals surface area contributed by atoms with Crippen molar-refractivity contribution in [2.45, 2.75) is 56.5 Å². The molecular weight excluding hydrogens is 376 g/mol. The lowest BCUT2D eigenvalue weighted by molar-refractivity contribution is -0.119. The summed E-state index contributed by atoms with van der Waals surface area (Å²) in [7, 11) is 0. The maximum absolute atomic E-state index is 13.4. The van der Waals surface area contributed by atoms with Gasteiger partial charge in [-0.15, -0.1) is 0 Å². The van der Waals surface area contributed by atoms with Crippen molar-refractivity contribution in [3.63, 3.8) is 0 Å². The number of carbonyl (C=O) groups excluding carboxylic acids is 2. The topological polar surface area (TPSA) is 107 Å². The van der Waals surface area contributed by atoms with E-state index in [0.29, 0.717) is 27.9 Å². The molecule has 0 aliphatic heterocycles. The Bertz CT molecular complexity index is 958. The number of aromatic nitrogens is 2. The summed E-state index contributed by atoms with van der Waals surface area (Å²) in [5, 5.41) is 2.55. The number of urea groups is 1. The summed E-state index contributed by atoms with van der Waals surface area (Å²) in [4.78, 5) is 41.2. The molecule has 3 rings (SSSR count). The highest BCUT2D eigenvalue weighted by Crippen LogP contribution is 2.39. The normalized spacial score (nSPS) is 23.3. The van der Waals surface area contributed by atoms with Crippen molar-refractivity contribution in [3.8, 4) is 0 Å². The number of primary amides is 1. The zero-order chi connectivity index (χ0) is 20.4. The number of benzene rings is 1. The highest BCUT2D eigenvalue weighted by atomic mass is 32.2. The molecule has 1 heterocycles. The Morgan fingerprint density at radius 3 is 2.71 bits per heavy atom. The zero-order valence-electron chi connectivity index (χ0n) is 16.3. The smallest absolute Gasteiger partial charge is 0.318 e. The molecule has 4 unspecified atom stereocenters. The van der Waals surface area contributed by atoms with Crippen molar-refractivity contribution < 1.29 is 9.59 Å². The third kappa shape index (κ3) is 4.06. The molecule has 28 heavy (non-hydrogen) atoms. The van der Waals surface area contributed by atoms with E-state index in [9.17, 15) is 14.4 Å². The highest BCUT2D eigenvalue weighted by molar-refractivity contribution is 8.00. The molecule has 1 fully saturated rings. The number of nitrogens with two attached hydrogens (primary N) is 1. The number of amides is 3. The van der Waals surface area contributed by atoms with Crippen LogP contribution in [-0.4, -0.2) is 26.7 Å². The van der Waals surface area contributed by atoms with Gasteiger partial charge in [0.05, 0.1) is 16.2 Å². The van der Waals surface area contributed by atoms with Crippen molar-refractivity contribution in [1.82, 2.24) is 14.9 Å². The van der Waals surface area contributed by atoms with Crippen LogP contribution >= 0.6 is 11.8 Å². The van der Waals surface area contributed by atoms with Gasteiger partial charge < -0.3 is 5.73 Å². The lowest BCUT2D eigenvalue weighted by Crippen LogP contribution is -2.40. The van der Waals surface area contributed by atoms with Gasteiger partial charge in [-0.3, -0.25) is 19.5 Å². The first-order chi connectivity index (χ1) is 13.3. The molecule has 1 aromatic heterocycles. The molecule has 1 aromatic carbocycles. The van der Waals surface area contributed by atoms with E-state index in [0.717, 1.165) is 19.3 Å². The SMILES string of the molecule is CC(Sc1nc2ccccc2c(=O)n1C1CCCC(C)C1C)C(=O)NC(N)=O. The lowest BCUT2D eigenvalue weighted by atomic mass is 9.78. The number of hydrogen-bond acceptors (Lipinski definition) is 5. The van der Waals surface area contributed by atoms with Crippen LogP contribution < -0.4 is 16.6 Å². The first-order valence-electron chi connectivity index (χ1n) is 9.57. The predicted octanol–water partition coefficient (Wildman–Crippen LogP) is 3.07. The van der Waals surface area contributed by atoms with E-state index in [1.807, 2.05) is 12.1 Å². The second-order valence-corrected chi connectivity index (χ2v) is 8.84. The Morgan fingerprint density at radius 1 is 1.29 bits per heavy atom. The molecule has 1 saturated carbocycles. The summed E-state index contributed by atoms with van der Waals surface area (Å²) in [5.41, 5.74) is 5.57. The molecule has 1 aliphatic carbocycles. The summed E-state index contributed by atoms with van der Waals surface area (Å²) in [5.74, 6) is 0.325. The molecule has 3 N–H and O–H groups in total. The van der Waals surface area contributed by atoms with Crippen molar-refractivity contribution in [3.05, 3.63) is 34.6 Å². The summed E-state index contributed by atoms with van der Waals surface area (Å²) in [6, 6.07) is 6.39. The molecule has 2 aromatic rings. The minimum Gasteiger partial charge on any atom is -0.351 e. The number of imide groups is 1. The number of para-hydroxylation sites is 1. The van der Waals surface area contributed by atoms with Gasteiger partial charge in [-0.25, -0.2) is 9.78 Å². The van der Waals surface area contributed by atoms with Gasteiger partial charge in [-0.05, 0) is 37.3 Å². The Morgan fingerprint density at radius 2 is 2.00 bits per heavy atom. The second-order valence-electron chi connectivity index (χ2n) is 7.53. The van der Waals surface area contributed by atoms with E-state index in [1.54, 1.807) is 23.6 Å². The van der Waals surface area contributed by atoms with Crippen molar-refractivity contribution in [1.29, 1.82) is 0 Å². The van der Waals surface area contributed by atoms with Gasteiger partial charge in [0.1, 0.15) is 0 Å². The average Bonchev–Trinajstić information content (AvgIpc) is 2.64. The van der Waals surface area contributed by atoms with E-state index >= 15 is 0 Å². The fraction of sp³-hybridized carbons (Fsp3) is 0.500. The quantitative estimate of drug-likeness (QED) is 0.604. The molecule has 4 atom stereocenters. The summed E-state index contributed by atoms with van der Waals surface area (Å²) < 4.78 is 1.77. The van der Waals surface area contributed by atoms with Crippen LogP contribution in [0.15, 0.2) is 34.2 Å². The van der Waals surface area contributed by atoms with Crippen LogP contribution in [0.2, 0.25) is 0 Å². The van der Waals surface area contributed by atoms with Crippen LogP contribution in [0.5, 0.6) is 0 Å². The number of nitrogens with zero attached hydrogens (tertiary/aromatic N) is 2. The number of rotatable bonds is 4. The number of carbonyl (C=O) groups is 2. The Hall–Kier alpha value is -2.35. The maximum atomic E-state index is 13.4. The van der Waals surface area contributed by atoms with E-state index in [1.165, 1.54) is 11.8 Å². The molecular formula is C20H26N4O3S. The number of thioether (sulfide) groups is 1. The Labute approximate surface area is 168 Å². The summed E-state index contributed by atoms with van der Waals surface area (Å²) >= 11 is 1.18. The van der Waals surface area contributed by atoms with Gasteiger partial charge in [0.2, 0.25) is 5.91 Å². The number of hydrogen-bond donors (Lipinski definition) is 2. The second kappa shape index (κ2) is 8.34. The fourth-order valence-electron chi connectivity index (χ4n) is 3.85. The number of fused-ring (bicyclic) bond motifs is 1. The van der Waals surface area contributed by atoms with Gasteiger partial charge in [0.25, 0.3) is 5.56 Å². The Balaban J connectivity index is 2.08. The van der Waals surface area contributed by atoms with E-state index in [4.69, 9.17) is 10.7 Å². The molecule has 8 heteroatoms. The molecule has 0 saturated heterocycles. The molecule has 0 bridgehead atoms. The first-order valence-corrected chi connectivity index (χ1v) is 10.5. The molecule has 0 spiro atoms. The van der Waals surface area contributed by atoms with Gasteiger partial charge in [0.15, 0.2) is 5.16 Å². The molecule has 3 amide bonds. The highest BCUT2D eigenvalue weighted by Gasteiger charge is 2.32. The van der Waals surface area contributed by atoms with E-state index in [2.05, 4.69) is 19.2 Å². The third-order valence-electron chi connectivity index (χ3n) is 5.67. The van der Waals surface area contributed by atoms with E-state index in [-0.39, 0.29) is 11.6 Å². The van der Waals surface area contributed by atoms with Crippen molar-refractivity contribution in [2.75, 3.05) is 0 Å². The van der Waals surface area contributed by atoms with Crippen LogP contribution in [0.1, 0.15) is 46.1 Å². The van der Waals surface area contributed by atoms with Gasteiger partial charge >= 0.3 is 6.03 Å². The zero-order valence-corrected chi connectivity index (χ0v) is 17.2. The molecule has 1 aliphatic rings. The first kappa shape index (κ1) is 20.4. The predicted molar refractivity (Wildman–Crippen MR) is 110 cm³/mol. The minimum atomic E-state index is -0.893. The molecule has 150 valence electrons. The number of nitrogens with one attached hydrogen (secondary N) is 1. The van der Waals surface area contributed by atoms with Crippen LogP contribution in [-0.2, 0) is 4.79 Å². The monoisotopic (exact) mass is 402 g/mol.